The van der Waals surface area contributed by atoms with Crippen LogP contribution >= 0.6 is 23.4 Å². The maximum absolute atomic E-state index is 13.2. The minimum atomic E-state index is -3.92. The first kappa shape index (κ1) is 24.3. The van der Waals surface area contributed by atoms with Crippen molar-refractivity contribution >= 4 is 39.3 Å². The van der Waals surface area contributed by atoms with Crippen LogP contribution in [0.25, 0.3) is 0 Å². The molecular weight excluding hydrogens is 464 g/mol. The fraction of sp³-hybridized carbons (Fsp3) is 0.208. The van der Waals surface area contributed by atoms with Crippen LogP contribution in [0.4, 0.5) is 0 Å². The Kier molecular flexibility index (Phi) is 8.37. The second-order valence-electron chi connectivity index (χ2n) is 7.32. The van der Waals surface area contributed by atoms with E-state index in [9.17, 15) is 13.2 Å². The second-order valence-corrected chi connectivity index (χ2v) is 10.4. The molecule has 0 bridgehead atoms. The molecule has 32 heavy (non-hydrogen) atoms. The van der Waals surface area contributed by atoms with E-state index < -0.39 is 22.0 Å². The molecule has 0 aliphatic heterocycles. The van der Waals surface area contributed by atoms with Crippen molar-refractivity contribution < 1.29 is 13.2 Å². The van der Waals surface area contributed by atoms with Crippen molar-refractivity contribution in [1.82, 2.24) is 10.0 Å². The highest BCUT2D eigenvalue weighted by Crippen LogP contribution is 2.20. The van der Waals surface area contributed by atoms with Crippen molar-refractivity contribution in [3.63, 3.8) is 0 Å². The number of hydrogen-bond acceptors (Lipinski definition) is 4. The highest BCUT2D eigenvalue weighted by Gasteiger charge is 2.27. The van der Waals surface area contributed by atoms with Gasteiger partial charge in [0.05, 0.1) is 10.9 Å². The summed E-state index contributed by atoms with van der Waals surface area (Å²) in [5.74, 6) is -0.396. The maximum Gasteiger partial charge on any atom is 0.241 e. The summed E-state index contributed by atoms with van der Waals surface area (Å²) in [6, 6.07) is 21.8. The van der Waals surface area contributed by atoms with Gasteiger partial charge in [-0.1, -0.05) is 54.1 Å². The smallest absolute Gasteiger partial charge is 0.241 e. The molecule has 3 aromatic rings. The molecule has 168 valence electrons. The van der Waals surface area contributed by atoms with E-state index in [1.54, 1.807) is 11.8 Å². The first-order valence-electron chi connectivity index (χ1n) is 10.0. The second kappa shape index (κ2) is 11.0. The number of hydrogen-bond donors (Lipinski definition) is 2. The molecule has 0 saturated carbocycles. The van der Waals surface area contributed by atoms with Gasteiger partial charge >= 0.3 is 0 Å². The summed E-state index contributed by atoms with van der Waals surface area (Å²) < 4.78 is 28.4. The fourth-order valence-corrected chi connectivity index (χ4v) is 4.93. The molecule has 3 aromatic carbocycles. The Bertz CT molecular complexity index is 1140. The quantitative estimate of drug-likeness (QED) is 0.423. The fourth-order valence-electron chi connectivity index (χ4n) is 3.20. The summed E-state index contributed by atoms with van der Waals surface area (Å²) in [6.45, 7) is 1.87. The lowest BCUT2D eigenvalue weighted by Gasteiger charge is -2.22. The van der Waals surface area contributed by atoms with E-state index in [1.165, 1.54) is 24.3 Å². The summed E-state index contributed by atoms with van der Waals surface area (Å²) in [6.07, 6.45) is 2.22. The van der Waals surface area contributed by atoms with E-state index in [1.807, 2.05) is 67.8 Å². The van der Waals surface area contributed by atoms with Crippen LogP contribution in [0.5, 0.6) is 0 Å². The van der Waals surface area contributed by atoms with Gasteiger partial charge in [-0.3, -0.25) is 4.79 Å². The van der Waals surface area contributed by atoms with Crippen molar-refractivity contribution in [1.29, 1.82) is 0 Å². The largest absolute Gasteiger partial charge is 0.348 e. The zero-order valence-electron chi connectivity index (χ0n) is 17.8. The van der Waals surface area contributed by atoms with Crippen molar-refractivity contribution in [2.24, 2.45) is 0 Å². The highest BCUT2D eigenvalue weighted by molar-refractivity contribution is 7.98. The molecule has 0 saturated heterocycles. The van der Waals surface area contributed by atoms with Gasteiger partial charge in [0.15, 0.2) is 0 Å². The molecule has 1 amide bonds. The van der Waals surface area contributed by atoms with E-state index in [0.717, 1.165) is 16.0 Å². The third kappa shape index (κ3) is 6.59. The van der Waals surface area contributed by atoms with Gasteiger partial charge in [0.25, 0.3) is 0 Å². The lowest BCUT2D eigenvalue weighted by Crippen LogP contribution is -2.48. The van der Waals surface area contributed by atoms with Crippen molar-refractivity contribution in [2.75, 3.05) is 6.26 Å². The normalized spacial score (nSPS) is 13.3. The molecule has 5 nitrogen and oxygen atoms in total. The van der Waals surface area contributed by atoms with Crippen molar-refractivity contribution in [3.8, 4) is 0 Å². The lowest BCUT2D eigenvalue weighted by molar-refractivity contribution is -0.123. The number of sulfonamides is 1. The lowest BCUT2D eigenvalue weighted by atomic mass is 10.0. The number of halogens is 1. The molecule has 0 aliphatic rings. The molecular formula is C24H25ClN2O3S2. The Morgan fingerprint density at radius 2 is 1.59 bits per heavy atom. The van der Waals surface area contributed by atoms with Crippen LogP contribution in [0, 0.1) is 0 Å². The minimum Gasteiger partial charge on any atom is -0.348 e. The van der Waals surface area contributed by atoms with Crippen LogP contribution in [-0.4, -0.2) is 26.6 Å². The Hall–Kier alpha value is -2.32. The minimum absolute atomic E-state index is 0.0495. The van der Waals surface area contributed by atoms with Crippen LogP contribution in [0.2, 0.25) is 5.02 Å². The third-order valence-electron chi connectivity index (χ3n) is 5.00. The average molecular weight is 489 g/mol. The van der Waals surface area contributed by atoms with Crippen molar-refractivity contribution in [2.45, 2.75) is 35.2 Å². The zero-order valence-corrected chi connectivity index (χ0v) is 20.2. The Labute approximate surface area is 198 Å². The third-order valence-corrected chi connectivity index (χ3v) is 7.48. The highest BCUT2D eigenvalue weighted by atomic mass is 35.5. The average Bonchev–Trinajstić information content (AvgIpc) is 2.79. The van der Waals surface area contributed by atoms with Gasteiger partial charge in [0, 0.05) is 9.92 Å². The number of nitrogens with one attached hydrogen (secondary N) is 2. The number of rotatable bonds is 9. The standard InChI is InChI=1S/C24H25ClN2O3S2/c1-17(19-8-12-21(31-2)13-9-19)26-24(28)23(16-18-6-4-3-5-7-18)27-32(29,30)22-14-10-20(25)11-15-22/h3-15,17,23,27H,16H2,1-2H3,(H,26,28)/t17-,23-/m1/s1. The van der Waals surface area contributed by atoms with E-state index in [-0.39, 0.29) is 17.4 Å². The monoisotopic (exact) mass is 488 g/mol. The predicted molar refractivity (Wildman–Crippen MR) is 130 cm³/mol. The first-order chi connectivity index (χ1) is 15.3. The molecule has 0 spiro atoms. The van der Waals surface area contributed by atoms with E-state index in [2.05, 4.69) is 10.0 Å². The van der Waals surface area contributed by atoms with Gasteiger partial charge in [0.1, 0.15) is 6.04 Å². The SMILES string of the molecule is CSc1ccc([C@@H](C)NC(=O)[C@@H](Cc2ccccc2)NS(=O)(=O)c2ccc(Cl)cc2)cc1. The Balaban J connectivity index is 1.81. The van der Waals surface area contributed by atoms with Crippen LogP contribution in [0.1, 0.15) is 24.1 Å². The van der Waals surface area contributed by atoms with Gasteiger partial charge < -0.3 is 5.32 Å². The number of amides is 1. The molecule has 0 radical (unpaired) electrons. The van der Waals surface area contributed by atoms with Gasteiger partial charge in [-0.2, -0.15) is 4.72 Å². The van der Waals surface area contributed by atoms with E-state index >= 15 is 0 Å². The number of carbonyl (C=O) groups excluding carboxylic acids is 1. The molecule has 0 heterocycles. The molecule has 0 unspecified atom stereocenters. The molecule has 0 aliphatic carbocycles. The zero-order chi connectivity index (χ0) is 23.1. The van der Waals surface area contributed by atoms with Crippen LogP contribution in [0.15, 0.2) is 88.7 Å². The topological polar surface area (TPSA) is 75.3 Å². The number of carbonyl (C=O) groups is 1. The molecule has 2 atom stereocenters. The number of benzene rings is 3. The molecule has 0 aromatic heterocycles. The van der Waals surface area contributed by atoms with Crippen LogP contribution in [-0.2, 0) is 21.2 Å². The molecule has 8 heteroatoms. The first-order valence-corrected chi connectivity index (χ1v) is 13.1. The van der Waals surface area contributed by atoms with Gasteiger partial charge in [-0.05, 0) is 67.1 Å². The van der Waals surface area contributed by atoms with Crippen molar-refractivity contribution in [3.05, 3.63) is 95.0 Å². The van der Waals surface area contributed by atoms with E-state index in [4.69, 9.17) is 11.6 Å². The van der Waals surface area contributed by atoms with Crippen LogP contribution in [0.3, 0.4) is 0 Å². The predicted octanol–water partition coefficient (Wildman–Crippen LogP) is 4.83. The summed E-state index contributed by atoms with van der Waals surface area (Å²) in [4.78, 5) is 14.3. The van der Waals surface area contributed by atoms with Crippen LogP contribution < -0.4 is 10.0 Å². The van der Waals surface area contributed by atoms with Gasteiger partial charge in [-0.15, -0.1) is 11.8 Å². The van der Waals surface area contributed by atoms with E-state index in [0.29, 0.717) is 5.02 Å². The molecule has 0 fully saturated rings. The summed E-state index contributed by atoms with van der Waals surface area (Å²) in [5, 5.41) is 3.38. The summed E-state index contributed by atoms with van der Waals surface area (Å²) >= 11 is 7.52. The number of thioether (sulfide) groups is 1. The maximum atomic E-state index is 13.2. The van der Waals surface area contributed by atoms with Gasteiger partial charge in [0.2, 0.25) is 15.9 Å². The molecule has 2 N–H and O–H groups in total. The Morgan fingerprint density at radius 3 is 2.19 bits per heavy atom. The summed E-state index contributed by atoms with van der Waals surface area (Å²) in [7, 11) is -3.92. The Morgan fingerprint density at radius 1 is 0.969 bits per heavy atom. The molecule has 3 rings (SSSR count). The van der Waals surface area contributed by atoms with Gasteiger partial charge in [-0.25, -0.2) is 8.42 Å². The summed E-state index contributed by atoms with van der Waals surface area (Å²) in [5.41, 5.74) is 1.79.